The van der Waals surface area contributed by atoms with Crippen LogP contribution >= 0.6 is 0 Å². The fraction of sp³-hybridized carbons (Fsp3) is 0.429. The van der Waals surface area contributed by atoms with Crippen molar-refractivity contribution < 1.29 is 17.9 Å². The molecular weight excluding hydrogens is 577 g/mol. The SMILES string of the molecule is C=C/C=C(\C=C/COC(F)(F)F)C(C1=CCC=CC=C1)N1CCN(CC2=NC(=NCCCN(C)C)Cc3ccccc3N2)CC1. The molecule has 1 atom stereocenters. The summed E-state index contributed by atoms with van der Waals surface area (Å²) in [6, 6.07) is 8.16. The quantitative estimate of drug-likeness (QED) is 0.215. The van der Waals surface area contributed by atoms with Crippen molar-refractivity contribution in [2.24, 2.45) is 9.98 Å². The van der Waals surface area contributed by atoms with Crippen LogP contribution in [0.15, 0.2) is 107 Å². The van der Waals surface area contributed by atoms with Gasteiger partial charge in [0.15, 0.2) is 0 Å². The number of hydrogen-bond donors (Lipinski definition) is 1. The van der Waals surface area contributed by atoms with Gasteiger partial charge in [0.1, 0.15) is 11.7 Å². The zero-order chi connectivity index (χ0) is 32.1. The first kappa shape index (κ1) is 34.3. The molecule has 2 heterocycles. The number of rotatable bonds is 13. The average molecular weight is 623 g/mol. The number of para-hydroxylation sites is 1. The van der Waals surface area contributed by atoms with Gasteiger partial charge in [0.25, 0.3) is 0 Å². The van der Waals surface area contributed by atoms with Crippen molar-refractivity contribution >= 4 is 17.4 Å². The van der Waals surface area contributed by atoms with E-state index in [2.05, 4.69) is 75.8 Å². The minimum atomic E-state index is -4.67. The number of amidine groups is 2. The lowest BCUT2D eigenvalue weighted by atomic mass is 9.94. The number of anilines is 1. The highest BCUT2D eigenvalue weighted by atomic mass is 19.4. The van der Waals surface area contributed by atoms with E-state index in [0.29, 0.717) is 13.0 Å². The third-order valence-electron chi connectivity index (χ3n) is 7.73. The molecule has 3 aliphatic rings. The van der Waals surface area contributed by atoms with Gasteiger partial charge in [0.2, 0.25) is 0 Å². The molecule has 0 amide bonds. The first-order valence-corrected chi connectivity index (χ1v) is 15.5. The number of hydrogen-bond acceptors (Lipinski definition) is 6. The van der Waals surface area contributed by atoms with Crippen LogP contribution in [0.2, 0.25) is 0 Å². The highest BCUT2D eigenvalue weighted by molar-refractivity contribution is 6.08. The van der Waals surface area contributed by atoms with E-state index < -0.39 is 13.0 Å². The standard InChI is InChI=1S/C35H45F3N6O/c1-4-13-28(17-11-25-45-35(36,37)38)34(29-14-7-5-6-8-15-29)44-23-21-43(22-24-44)27-33-40-31-18-10-9-16-30(31)26-32(41-33)39-19-12-20-42(2)3/h4-7,9-11,13-18,34H,1,8,12,19-27H2,2-3H3,(H,39,40,41)/b17-11-,28-13+. The van der Waals surface area contributed by atoms with Crippen molar-refractivity contribution in [3.05, 3.63) is 102 Å². The average Bonchev–Trinajstić information content (AvgIpc) is 3.37. The maximum absolute atomic E-state index is 12.6. The largest absolute Gasteiger partial charge is 0.522 e. The van der Waals surface area contributed by atoms with Crippen LogP contribution in [0, 0.1) is 0 Å². The van der Waals surface area contributed by atoms with Gasteiger partial charge in [0.05, 0.1) is 19.2 Å². The van der Waals surface area contributed by atoms with Crippen molar-refractivity contribution in [3.8, 4) is 0 Å². The Balaban J connectivity index is 1.47. The Morgan fingerprint density at radius 2 is 1.98 bits per heavy atom. The number of fused-ring (bicyclic) bond motifs is 1. The zero-order valence-corrected chi connectivity index (χ0v) is 26.3. The molecule has 242 valence electrons. The molecule has 1 saturated heterocycles. The minimum absolute atomic E-state index is 0.135. The summed E-state index contributed by atoms with van der Waals surface area (Å²) in [6.07, 6.45) is 14.8. The van der Waals surface area contributed by atoms with Crippen LogP contribution in [0.1, 0.15) is 18.4 Å². The van der Waals surface area contributed by atoms with Gasteiger partial charge < -0.3 is 10.2 Å². The Bertz CT molecular complexity index is 1350. The maximum Gasteiger partial charge on any atom is 0.522 e. The van der Waals surface area contributed by atoms with Gasteiger partial charge in [-0.1, -0.05) is 79.5 Å². The smallest absolute Gasteiger partial charge is 0.342 e. The van der Waals surface area contributed by atoms with E-state index in [9.17, 15) is 13.2 Å². The molecule has 0 bridgehead atoms. The normalized spacial score (nSPS) is 20.0. The van der Waals surface area contributed by atoms with Gasteiger partial charge in [0, 0.05) is 44.8 Å². The first-order chi connectivity index (χ1) is 21.7. The number of benzene rings is 1. The number of ether oxygens (including phenoxy) is 1. The Kier molecular flexibility index (Phi) is 13.1. The number of halogens is 3. The second-order valence-electron chi connectivity index (χ2n) is 11.5. The fourth-order valence-corrected chi connectivity index (χ4v) is 5.61. The topological polar surface area (TPSA) is 55.7 Å². The second kappa shape index (κ2) is 17.2. The van der Waals surface area contributed by atoms with Crippen molar-refractivity contribution in [3.63, 3.8) is 0 Å². The van der Waals surface area contributed by atoms with Crippen LogP contribution in [0.4, 0.5) is 18.9 Å². The van der Waals surface area contributed by atoms with Gasteiger partial charge in [-0.25, -0.2) is 4.99 Å². The molecule has 1 fully saturated rings. The number of piperazine rings is 1. The predicted molar refractivity (Wildman–Crippen MR) is 179 cm³/mol. The monoisotopic (exact) mass is 622 g/mol. The van der Waals surface area contributed by atoms with Crippen LogP contribution in [0.5, 0.6) is 0 Å². The Morgan fingerprint density at radius 3 is 2.73 bits per heavy atom. The van der Waals surface area contributed by atoms with E-state index in [1.807, 2.05) is 30.4 Å². The third-order valence-corrected chi connectivity index (χ3v) is 7.73. The molecule has 7 nitrogen and oxygen atoms in total. The highest BCUT2D eigenvalue weighted by Crippen LogP contribution is 2.26. The third kappa shape index (κ3) is 11.4. The van der Waals surface area contributed by atoms with E-state index in [4.69, 9.17) is 9.98 Å². The van der Waals surface area contributed by atoms with Gasteiger partial charge in [-0.05, 0) is 56.3 Å². The van der Waals surface area contributed by atoms with Gasteiger partial charge in [-0.15, -0.1) is 13.2 Å². The number of nitrogens with zero attached hydrogens (tertiary/aromatic N) is 5. The predicted octanol–water partition coefficient (Wildman–Crippen LogP) is 6.04. The summed E-state index contributed by atoms with van der Waals surface area (Å²) in [4.78, 5) is 16.8. The molecular formula is C35H45F3N6O. The Morgan fingerprint density at radius 1 is 1.18 bits per heavy atom. The summed E-state index contributed by atoms with van der Waals surface area (Å²) in [5, 5.41) is 3.57. The van der Waals surface area contributed by atoms with Gasteiger partial charge in [-0.2, -0.15) is 0 Å². The molecule has 0 saturated carbocycles. The van der Waals surface area contributed by atoms with E-state index in [1.165, 1.54) is 11.6 Å². The number of alkyl halides is 3. The summed E-state index contributed by atoms with van der Waals surface area (Å²) in [5.41, 5.74) is 4.22. The molecule has 0 spiro atoms. The molecule has 1 unspecified atom stereocenters. The Hall–Kier alpha value is -3.57. The lowest BCUT2D eigenvalue weighted by molar-refractivity contribution is -0.319. The maximum atomic E-state index is 12.6. The van der Waals surface area contributed by atoms with Gasteiger partial charge >= 0.3 is 6.36 Å². The lowest BCUT2D eigenvalue weighted by Crippen LogP contribution is -2.52. The van der Waals surface area contributed by atoms with E-state index in [-0.39, 0.29) is 6.04 Å². The lowest BCUT2D eigenvalue weighted by Gasteiger charge is -2.40. The Labute approximate surface area is 265 Å². The molecule has 0 radical (unpaired) electrons. The summed E-state index contributed by atoms with van der Waals surface area (Å²) in [6.45, 7) is 8.89. The van der Waals surface area contributed by atoms with Crippen molar-refractivity contribution in [2.45, 2.75) is 31.7 Å². The molecule has 2 aliphatic heterocycles. The van der Waals surface area contributed by atoms with Crippen LogP contribution in [-0.2, 0) is 11.2 Å². The van der Waals surface area contributed by atoms with Gasteiger partial charge in [-0.3, -0.25) is 19.5 Å². The number of allylic oxidation sites excluding steroid dienone is 6. The first-order valence-electron chi connectivity index (χ1n) is 15.5. The molecule has 45 heavy (non-hydrogen) atoms. The molecule has 1 aromatic rings. The van der Waals surface area contributed by atoms with E-state index >= 15 is 0 Å². The fourth-order valence-electron chi connectivity index (χ4n) is 5.61. The highest BCUT2D eigenvalue weighted by Gasteiger charge is 2.30. The molecule has 1 N–H and O–H groups in total. The van der Waals surface area contributed by atoms with Crippen molar-refractivity contribution in [1.82, 2.24) is 14.7 Å². The van der Waals surface area contributed by atoms with Crippen molar-refractivity contribution in [2.75, 3.05) is 71.8 Å². The van der Waals surface area contributed by atoms with Crippen LogP contribution in [0.25, 0.3) is 0 Å². The van der Waals surface area contributed by atoms with Crippen LogP contribution in [0.3, 0.4) is 0 Å². The van der Waals surface area contributed by atoms with E-state index in [0.717, 1.165) is 80.6 Å². The van der Waals surface area contributed by atoms with Crippen LogP contribution < -0.4 is 5.32 Å². The second-order valence-corrected chi connectivity index (χ2v) is 11.5. The molecule has 4 rings (SSSR count). The number of nitrogens with one attached hydrogen (secondary N) is 1. The van der Waals surface area contributed by atoms with Crippen LogP contribution in [-0.4, -0.2) is 105 Å². The molecule has 1 aliphatic carbocycles. The summed E-state index contributed by atoms with van der Waals surface area (Å²) < 4.78 is 41.7. The molecule has 0 aromatic heterocycles. The number of aliphatic imine (C=N–C) groups is 2. The summed E-state index contributed by atoms with van der Waals surface area (Å²) in [7, 11) is 4.14. The minimum Gasteiger partial charge on any atom is -0.342 e. The molecule has 10 heteroatoms. The molecule has 1 aromatic carbocycles. The summed E-state index contributed by atoms with van der Waals surface area (Å²) >= 11 is 0. The summed E-state index contributed by atoms with van der Waals surface area (Å²) in [5.74, 6) is 1.73. The van der Waals surface area contributed by atoms with E-state index in [1.54, 1.807) is 12.2 Å². The zero-order valence-electron chi connectivity index (χ0n) is 26.3. The van der Waals surface area contributed by atoms with Crippen molar-refractivity contribution in [1.29, 1.82) is 0 Å².